The number of benzene rings is 1. The Balaban J connectivity index is 1.90. The first-order valence-electron chi connectivity index (χ1n) is 6.40. The van der Waals surface area contributed by atoms with Crippen molar-refractivity contribution in [2.24, 2.45) is 5.92 Å². The summed E-state index contributed by atoms with van der Waals surface area (Å²) in [6, 6.07) is 5.37. The Morgan fingerprint density at radius 1 is 1.30 bits per heavy atom. The zero-order valence-corrected chi connectivity index (χ0v) is 11.0. The fraction of sp³-hybridized carbons (Fsp3) is 0.357. The van der Waals surface area contributed by atoms with E-state index in [4.69, 9.17) is 5.11 Å². The third kappa shape index (κ3) is 1.84. The lowest BCUT2D eigenvalue weighted by atomic mass is 10.1. The van der Waals surface area contributed by atoms with Crippen molar-refractivity contribution < 1.29 is 19.5 Å². The molecule has 1 atom stereocenters. The molecule has 2 aliphatic rings. The van der Waals surface area contributed by atoms with E-state index in [1.165, 1.54) is 4.90 Å². The van der Waals surface area contributed by atoms with Crippen molar-refractivity contribution in [3.8, 4) is 0 Å². The molecule has 0 saturated carbocycles. The van der Waals surface area contributed by atoms with Crippen molar-refractivity contribution in [1.82, 2.24) is 0 Å². The number of hydrogen-bond acceptors (Lipinski definition) is 3. The number of carbonyl (C=O) groups excluding carboxylic acids is 2. The van der Waals surface area contributed by atoms with Crippen molar-refractivity contribution in [3.63, 3.8) is 0 Å². The molecule has 1 aromatic rings. The second-order valence-corrected chi connectivity index (χ2v) is 5.19. The summed E-state index contributed by atoms with van der Waals surface area (Å²) in [6.45, 7) is 0.191. The van der Waals surface area contributed by atoms with E-state index in [1.54, 1.807) is 30.1 Å². The lowest BCUT2D eigenvalue weighted by Gasteiger charge is -2.18. The molecule has 0 radical (unpaired) electrons. The van der Waals surface area contributed by atoms with Gasteiger partial charge >= 0.3 is 5.97 Å². The van der Waals surface area contributed by atoms with Gasteiger partial charge < -0.3 is 14.9 Å². The summed E-state index contributed by atoms with van der Waals surface area (Å²) in [6.07, 6.45) is 0.356. The van der Waals surface area contributed by atoms with Crippen LogP contribution >= 0.6 is 0 Å². The number of likely N-dealkylation sites (N-methyl/N-ethyl adjacent to an activating group) is 1. The second-order valence-electron chi connectivity index (χ2n) is 5.19. The Kier molecular flexibility index (Phi) is 2.74. The molecule has 104 valence electrons. The maximum atomic E-state index is 11.9. The largest absolute Gasteiger partial charge is 0.481 e. The molecular weight excluding hydrogens is 260 g/mol. The fourth-order valence-electron chi connectivity index (χ4n) is 2.75. The van der Waals surface area contributed by atoms with Crippen LogP contribution in [0.25, 0.3) is 0 Å². The standard InChI is InChI=1S/C14H14N2O4/c1-15-11-3-2-10(4-8(11)5-12(15)17)16-7-9(14(19)20)6-13(16)18/h2-4,9H,5-7H2,1H3,(H,19,20). The molecule has 1 aromatic carbocycles. The number of rotatable bonds is 2. The topological polar surface area (TPSA) is 77.9 Å². The average molecular weight is 274 g/mol. The van der Waals surface area contributed by atoms with E-state index in [0.717, 1.165) is 11.3 Å². The number of amides is 2. The number of hydrogen-bond donors (Lipinski definition) is 1. The van der Waals surface area contributed by atoms with Crippen molar-refractivity contribution in [1.29, 1.82) is 0 Å². The number of anilines is 2. The van der Waals surface area contributed by atoms with Gasteiger partial charge in [0, 0.05) is 31.4 Å². The molecule has 6 heteroatoms. The molecule has 0 spiro atoms. The minimum atomic E-state index is -0.947. The summed E-state index contributed by atoms with van der Waals surface area (Å²) < 4.78 is 0. The van der Waals surface area contributed by atoms with E-state index in [9.17, 15) is 14.4 Å². The van der Waals surface area contributed by atoms with Gasteiger partial charge in [0.1, 0.15) is 0 Å². The van der Waals surface area contributed by atoms with Gasteiger partial charge in [-0.05, 0) is 23.8 Å². The molecule has 1 saturated heterocycles. The van der Waals surface area contributed by atoms with Crippen LogP contribution in [0.3, 0.4) is 0 Å². The minimum absolute atomic E-state index is 0.0216. The van der Waals surface area contributed by atoms with Crippen LogP contribution in [0, 0.1) is 5.92 Å². The molecule has 0 aliphatic carbocycles. The smallest absolute Gasteiger partial charge is 0.308 e. The van der Waals surface area contributed by atoms with E-state index in [-0.39, 0.29) is 24.8 Å². The van der Waals surface area contributed by atoms with Crippen molar-refractivity contribution in [3.05, 3.63) is 23.8 Å². The van der Waals surface area contributed by atoms with Gasteiger partial charge in [-0.2, -0.15) is 0 Å². The number of carboxylic acid groups (broad SMARTS) is 1. The summed E-state index contributed by atoms with van der Waals surface area (Å²) >= 11 is 0. The van der Waals surface area contributed by atoms with Gasteiger partial charge in [0.25, 0.3) is 0 Å². The molecule has 1 fully saturated rings. The highest BCUT2D eigenvalue weighted by molar-refractivity contribution is 6.03. The van der Waals surface area contributed by atoms with Crippen LogP contribution in [0.4, 0.5) is 11.4 Å². The Morgan fingerprint density at radius 2 is 2.05 bits per heavy atom. The van der Waals surface area contributed by atoms with Crippen molar-refractivity contribution >= 4 is 29.2 Å². The van der Waals surface area contributed by atoms with Crippen molar-refractivity contribution in [2.75, 3.05) is 23.4 Å². The fourth-order valence-corrected chi connectivity index (χ4v) is 2.75. The number of fused-ring (bicyclic) bond motifs is 1. The maximum absolute atomic E-state index is 11.9. The molecule has 1 unspecified atom stereocenters. The van der Waals surface area contributed by atoms with Crippen molar-refractivity contribution in [2.45, 2.75) is 12.8 Å². The molecule has 2 heterocycles. The molecule has 3 rings (SSSR count). The molecule has 20 heavy (non-hydrogen) atoms. The third-order valence-electron chi connectivity index (χ3n) is 3.93. The van der Waals surface area contributed by atoms with E-state index in [0.29, 0.717) is 12.1 Å². The summed E-state index contributed by atoms with van der Waals surface area (Å²) in [5, 5.41) is 8.99. The number of nitrogens with zero attached hydrogens (tertiary/aromatic N) is 2. The first-order valence-corrected chi connectivity index (χ1v) is 6.40. The van der Waals surface area contributed by atoms with Gasteiger partial charge in [-0.15, -0.1) is 0 Å². The average Bonchev–Trinajstić information content (AvgIpc) is 2.91. The van der Waals surface area contributed by atoms with E-state index in [1.807, 2.05) is 0 Å². The molecule has 1 N–H and O–H groups in total. The molecule has 2 aliphatic heterocycles. The molecule has 6 nitrogen and oxygen atoms in total. The van der Waals surface area contributed by atoms with Gasteiger partial charge in [-0.3, -0.25) is 14.4 Å². The van der Waals surface area contributed by atoms with Gasteiger partial charge in [0.15, 0.2) is 0 Å². The summed E-state index contributed by atoms with van der Waals surface area (Å²) in [4.78, 5) is 37.6. The quantitative estimate of drug-likeness (QED) is 0.858. The third-order valence-corrected chi connectivity index (χ3v) is 3.93. The van der Waals surface area contributed by atoms with Gasteiger partial charge in [-0.25, -0.2) is 0 Å². The van der Waals surface area contributed by atoms with Crippen LogP contribution in [0.5, 0.6) is 0 Å². The molecular formula is C14H14N2O4. The minimum Gasteiger partial charge on any atom is -0.481 e. The first-order chi connectivity index (χ1) is 9.47. The molecule has 0 bridgehead atoms. The van der Waals surface area contributed by atoms with Crippen LogP contribution < -0.4 is 9.80 Å². The normalized spacial score (nSPS) is 21.6. The zero-order chi connectivity index (χ0) is 14.4. The number of carboxylic acids is 1. The highest BCUT2D eigenvalue weighted by Gasteiger charge is 2.35. The lowest BCUT2D eigenvalue weighted by Crippen LogP contribution is -2.25. The van der Waals surface area contributed by atoms with E-state index >= 15 is 0 Å². The number of carbonyl (C=O) groups is 3. The first kappa shape index (κ1) is 12.7. The SMILES string of the molecule is CN1C(=O)Cc2cc(N3CC(C(=O)O)CC3=O)ccc21. The number of aliphatic carboxylic acids is 1. The van der Waals surface area contributed by atoms with Crippen LogP contribution in [-0.2, 0) is 20.8 Å². The highest BCUT2D eigenvalue weighted by atomic mass is 16.4. The monoisotopic (exact) mass is 274 g/mol. The summed E-state index contributed by atoms with van der Waals surface area (Å²) in [5.74, 6) is -1.76. The molecule has 2 amide bonds. The Bertz CT molecular complexity index is 626. The van der Waals surface area contributed by atoms with Gasteiger partial charge in [0.2, 0.25) is 11.8 Å². The Morgan fingerprint density at radius 3 is 2.70 bits per heavy atom. The van der Waals surface area contributed by atoms with E-state index < -0.39 is 11.9 Å². The Hall–Kier alpha value is -2.37. The lowest BCUT2D eigenvalue weighted by molar-refractivity contribution is -0.141. The van der Waals surface area contributed by atoms with Gasteiger partial charge in [-0.1, -0.05) is 0 Å². The van der Waals surface area contributed by atoms with Crippen LogP contribution in [0.2, 0.25) is 0 Å². The van der Waals surface area contributed by atoms with Gasteiger partial charge in [0.05, 0.1) is 12.3 Å². The summed E-state index contributed by atoms with van der Waals surface area (Å²) in [5.41, 5.74) is 2.39. The predicted octanol–water partition coefficient (Wildman–Crippen LogP) is 0.643. The molecule has 0 aromatic heterocycles. The van der Waals surface area contributed by atoms with Crippen LogP contribution in [-0.4, -0.2) is 36.5 Å². The summed E-state index contributed by atoms with van der Waals surface area (Å²) in [7, 11) is 1.72. The Labute approximate surface area is 115 Å². The van der Waals surface area contributed by atoms with Crippen LogP contribution in [0.15, 0.2) is 18.2 Å². The zero-order valence-electron chi connectivity index (χ0n) is 11.0. The predicted molar refractivity (Wildman–Crippen MR) is 71.7 cm³/mol. The second kappa shape index (κ2) is 4.33. The van der Waals surface area contributed by atoms with Crippen LogP contribution in [0.1, 0.15) is 12.0 Å². The van der Waals surface area contributed by atoms with E-state index in [2.05, 4.69) is 0 Å². The highest BCUT2D eigenvalue weighted by Crippen LogP contribution is 2.33. The maximum Gasteiger partial charge on any atom is 0.308 e.